The number of hydrogen-bond acceptors (Lipinski definition) is 6. The third-order valence-electron chi connectivity index (χ3n) is 5.52. The lowest BCUT2D eigenvalue weighted by molar-refractivity contribution is 0.0917. The Morgan fingerprint density at radius 2 is 2.06 bits per heavy atom. The van der Waals surface area contributed by atoms with Gasteiger partial charge in [0.25, 0.3) is 5.91 Å². The quantitative estimate of drug-likeness (QED) is 0.542. The molecule has 1 unspecified atom stereocenters. The Hall–Kier alpha value is -2.29. The van der Waals surface area contributed by atoms with Gasteiger partial charge in [0.15, 0.2) is 15.0 Å². The number of nitrogens with zero attached hydrogens (tertiary/aromatic N) is 2. The highest BCUT2D eigenvalue weighted by Crippen LogP contribution is 2.33. The second kappa shape index (κ2) is 8.68. The molecule has 1 saturated heterocycles. The predicted octanol–water partition coefficient (Wildman–Crippen LogP) is 4.53. The van der Waals surface area contributed by atoms with Crippen LogP contribution in [0.3, 0.4) is 0 Å². The van der Waals surface area contributed by atoms with Gasteiger partial charge >= 0.3 is 0 Å². The third-order valence-corrected chi connectivity index (χ3v) is 8.48. The third kappa shape index (κ3) is 4.51. The van der Waals surface area contributed by atoms with Crippen LogP contribution in [0.1, 0.15) is 41.3 Å². The molecule has 1 fully saturated rings. The van der Waals surface area contributed by atoms with Crippen LogP contribution in [0, 0.1) is 13.8 Å². The molecule has 0 radical (unpaired) electrons. The summed E-state index contributed by atoms with van der Waals surface area (Å²) in [4.78, 5) is 20.1. The largest absolute Gasteiger partial charge is 0.376 e. The van der Waals surface area contributed by atoms with Gasteiger partial charge in [-0.2, -0.15) is 0 Å². The molecule has 164 valence electrons. The van der Waals surface area contributed by atoms with Crippen LogP contribution >= 0.6 is 11.3 Å². The first-order chi connectivity index (χ1) is 14.8. The van der Waals surface area contributed by atoms with Crippen LogP contribution in [0.25, 0.3) is 10.2 Å². The summed E-state index contributed by atoms with van der Waals surface area (Å²) in [5.41, 5.74) is 3.44. The monoisotopic (exact) mass is 458 g/mol. The minimum atomic E-state index is -3.41. The summed E-state index contributed by atoms with van der Waals surface area (Å²) in [6.45, 7) is 6.75. The van der Waals surface area contributed by atoms with Gasteiger partial charge < -0.3 is 4.74 Å². The van der Waals surface area contributed by atoms with E-state index in [1.54, 1.807) is 24.0 Å². The molecule has 0 aliphatic carbocycles. The SMILES string of the molecule is CCS(=O)(=O)c1cccc(C(=O)N(CC2CCCO2)c2nc3cc(C)cc(C)c3s2)c1. The average Bonchev–Trinajstić information content (AvgIpc) is 3.41. The summed E-state index contributed by atoms with van der Waals surface area (Å²) in [6.07, 6.45) is 1.80. The standard InChI is InChI=1S/C23H26N2O4S2/c1-4-31(27,28)19-9-5-7-17(13-19)22(26)25(14-18-8-6-10-29-18)23-24-20-12-15(2)11-16(3)21(20)30-23/h5,7,9,11-13,18H,4,6,8,10,14H2,1-3H3. The molecule has 3 aromatic rings. The minimum absolute atomic E-state index is 0.0131. The number of aromatic nitrogens is 1. The first kappa shape index (κ1) is 21.9. The second-order valence-corrected chi connectivity index (χ2v) is 11.2. The fourth-order valence-corrected chi connectivity index (χ4v) is 5.81. The molecular weight excluding hydrogens is 432 g/mol. The Morgan fingerprint density at radius 1 is 1.26 bits per heavy atom. The van der Waals surface area contributed by atoms with E-state index in [4.69, 9.17) is 9.72 Å². The van der Waals surface area contributed by atoms with Gasteiger partial charge in [-0.1, -0.05) is 30.4 Å². The van der Waals surface area contributed by atoms with Crippen molar-refractivity contribution in [3.8, 4) is 0 Å². The molecule has 0 bridgehead atoms. The zero-order valence-electron chi connectivity index (χ0n) is 17.9. The van der Waals surface area contributed by atoms with Crippen LogP contribution < -0.4 is 4.90 Å². The molecule has 4 rings (SSSR count). The summed E-state index contributed by atoms with van der Waals surface area (Å²) < 4.78 is 31.5. The first-order valence-electron chi connectivity index (χ1n) is 10.4. The normalized spacial score (nSPS) is 16.7. The van der Waals surface area contributed by atoms with Gasteiger partial charge in [0.05, 0.1) is 33.5 Å². The van der Waals surface area contributed by atoms with Crippen LogP contribution in [0.5, 0.6) is 0 Å². The van der Waals surface area contributed by atoms with Crippen molar-refractivity contribution < 1.29 is 17.9 Å². The van der Waals surface area contributed by atoms with E-state index >= 15 is 0 Å². The molecule has 31 heavy (non-hydrogen) atoms. The lowest BCUT2D eigenvalue weighted by atomic mass is 10.1. The van der Waals surface area contributed by atoms with E-state index in [0.29, 0.717) is 23.8 Å². The van der Waals surface area contributed by atoms with Crippen molar-refractivity contribution in [2.24, 2.45) is 0 Å². The maximum Gasteiger partial charge on any atom is 0.260 e. The van der Waals surface area contributed by atoms with Gasteiger partial charge in [-0.15, -0.1) is 0 Å². The number of aryl methyl sites for hydroxylation is 2. The molecule has 6 nitrogen and oxygen atoms in total. The Balaban J connectivity index is 1.76. The fourth-order valence-electron chi connectivity index (χ4n) is 3.87. The molecule has 1 aromatic heterocycles. The summed E-state index contributed by atoms with van der Waals surface area (Å²) >= 11 is 1.48. The lowest BCUT2D eigenvalue weighted by Gasteiger charge is -2.23. The van der Waals surface area contributed by atoms with Gasteiger partial charge in [0.2, 0.25) is 0 Å². The first-order valence-corrected chi connectivity index (χ1v) is 12.9. The molecule has 2 aromatic carbocycles. The number of rotatable bonds is 6. The van der Waals surface area contributed by atoms with Crippen LogP contribution in [0.2, 0.25) is 0 Å². The highest BCUT2D eigenvalue weighted by molar-refractivity contribution is 7.91. The Morgan fingerprint density at radius 3 is 2.77 bits per heavy atom. The molecule has 0 N–H and O–H groups in total. The molecule has 8 heteroatoms. The van der Waals surface area contributed by atoms with Crippen LogP contribution in [0.15, 0.2) is 41.3 Å². The van der Waals surface area contributed by atoms with E-state index in [1.807, 2.05) is 19.9 Å². The van der Waals surface area contributed by atoms with E-state index in [1.165, 1.54) is 23.5 Å². The molecule has 1 aliphatic rings. The number of benzene rings is 2. The van der Waals surface area contributed by atoms with E-state index in [0.717, 1.165) is 34.2 Å². The summed E-state index contributed by atoms with van der Waals surface area (Å²) in [7, 11) is -3.41. The van der Waals surface area contributed by atoms with E-state index in [2.05, 4.69) is 6.07 Å². The second-order valence-electron chi connectivity index (χ2n) is 7.91. The zero-order chi connectivity index (χ0) is 22.2. The Labute approximate surface area is 186 Å². The smallest absolute Gasteiger partial charge is 0.260 e. The average molecular weight is 459 g/mol. The molecule has 1 aliphatic heterocycles. The van der Waals surface area contributed by atoms with Crippen LogP contribution in [0.4, 0.5) is 5.13 Å². The maximum atomic E-state index is 13.6. The van der Waals surface area contributed by atoms with Crippen molar-refractivity contribution in [1.82, 2.24) is 4.98 Å². The summed E-state index contributed by atoms with van der Waals surface area (Å²) in [5, 5.41) is 0.605. The number of fused-ring (bicyclic) bond motifs is 1. The molecule has 0 saturated carbocycles. The molecule has 1 atom stereocenters. The van der Waals surface area contributed by atoms with Crippen molar-refractivity contribution in [3.05, 3.63) is 53.1 Å². The lowest BCUT2D eigenvalue weighted by Crippen LogP contribution is -2.37. The molecule has 0 spiro atoms. The number of sulfone groups is 1. The van der Waals surface area contributed by atoms with Crippen molar-refractivity contribution in [3.63, 3.8) is 0 Å². The van der Waals surface area contributed by atoms with Gasteiger partial charge in [-0.3, -0.25) is 9.69 Å². The van der Waals surface area contributed by atoms with Gasteiger partial charge in [-0.05, 0) is 62.1 Å². The number of amides is 1. The highest BCUT2D eigenvalue weighted by atomic mass is 32.2. The zero-order valence-corrected chi connectivity index (χ0v) is 19.6. The van der Waals surface area contributed by atoms with Gasteiger partial charge in [0.1, 0.15) is 0 Å². The Kier molecular flexibility index (Phi) is 6.14. The molecule has 2 heterocycles. The summed E-state index contributed by atoms with van der Waals surface area (Å²) in [5.74, 6) is -0.280. The van der Waals surface area contributed by atoms with Crippen LogP contribution in [-0.4, -0.2) is 44.3 Å². The number of hydrogen-bond donors (Lipinski definition) is 0. The number of carbonyl (C=O) groups is 1. The molecular formula is C23H26N2O4S2. The van der Waals surface area contributed by atoms with Crippen molar-refractivity contribution in [2.75, 3.05) is 23.8 Å². The molecule has 1 amide bonds. The van der Waals surface area contributed by atoms with Crippen LogP contribution in [-0.2, 0) is 14.6 Å². The predicted molar refractivity (Wildman–Crippen MR) is 124 cm³/mol. The number of anilines is 1. The Bertz CT molecular complexity index is 1230. The number of carbonyl (C=O) groups excluding carboxylic acids is 1. The van der Waals surface area contributed by atoms with Crippen molar-refractivity contribution in [2.45, 2.75) is 44.6 Å². The van der Waals surface area contributed by atoms with E-state index in [9.17, 15) is 13.2 Å². The number of thiazole rings is 1. The van der Waals surface area contributed by atoms with Crippen molar-refractivity contribution in [1.29, 1.82) is 0 Å². The van der Waals surface area contributed by atoms with E-state index < -0.39 is 9.84 Å². The van der Waals surface area contributed by atoms with E-state index in [-0.39, 0.29) is 22.7 Å². The van der Waals surface area contributed by atoms with Gasteiger partial charge in [-0.25, -0.2) is 13.4 Å². The van der Waals surface area contributed by atoms with Crippen molar-refractivity contribution >= 4 is 42.4 Å². The minimum Gasteiger partial charge on any atom is -0.376 e. The topological polar surface area (TPSA) is 76.6 Å². The highest BCUT2D eigenvalue weighted by Gasteiger charge is 2.28. The van der Waals surface area contributed by atoms with Gasteiger partial charge in [0, 0.05) is 12.2 Å². The fraction of sp³-hybridized carbons (Fsp3) is 0.391. The number of ether oxygens (including phenoxy) is 1. The summed E-state index contributed by atoms with van der Waals surface area (Å²) in [6, 6.07) is 10.4. The maximum absolute atomic E-state index is 13.6.